The predicted molar refractivity (Wildman–Crippen MR) is 123 cm³/mol. The number of hydrogen-bond acceptors (Lipinski definition) is 9. The average Bonchev–Trinajstić information content (AvgIpc) is 2.75. The number of carbonyl (C=O) groups is 3. The number of aliphatic hydroxyl groups excluding tert-OH is 2. The van der Waals surface area contributed by atoms with Crippen LogP contribution in [-0.4, -0.2) is 63.3 Å². The van der Waals surface area contributed by atoms with E-state index >= 15 is 0 Å². The number of aliphatic hydroxyl groups is 3. The van der Waals surface area contributed by atoms with Gasteiger partial charge in [-0.3, -0.25) is 14.4 Å². The standard InChI is InChI=1S/C24H27N3O7/c1-4-14(28)12-8-13(27(2)3)11-6-9-5-10-7-15(29)18(23(26)33)21(25)24(10,34)22(32)16(9)20(31)17(11)19(12)30/h8-10,25,29-31,34H,4-7H2,1-3H3,(H2,26,33)/t9-,10+,24-/m1/s1. The highest BCUT2D eigenvalue weighted by molar-refractivity contribution is 6.33. The molecule has 0 heterocycles. The van der Waals surface area contributed by atoms with Gasteiger partial charge < -0.3 is 36.5 Å². The van der Waals surface area contributed by atoms with Crippen LogP contribution in [0.1, 0.15) is 47.7 Å². The summed E-state index contributed by atoms with van der Waals surface area (Å²) in [5, 5.41) is 52.2. The van der Waals surface area contributed by atoms with E-state index in [9.17, 15) is 34.8 Å². The number of allylic oxidation sites excluding steroid dienone is 1. The zero-order valence-corrected chi connectivity index (χ0v) is 19.1. The van der Waals surface area contributed by atoms with Crippen molar-refractivity contribution in [3.63, 3.8) is 0 Å². The molecule has 0 radical (unpaired) electrons. The molecule has 0 aliphatic heterocycles. The van der Waals surface area contributed by atoms with E-state index in [2.05, 4.69) is 0 Å². The first-order chi connectivity index (χ1) is 15.9. The van der Waals surface area contributed by atoms with Gasteiger partial charge in [0.15, 0.2) is 11.4 Å². The molecule has 1 aromatic rings. The van der Waals surface area contributed by atoms with Crippen LogP contribution in [-0.2, 0) is 16.0 Å². The first-order valence-corrected chi connectivity index (χ1v) is 11.0. The number of rotatable bonds is 4. The molecule has 3 aliphatic carbocycles. The fourth-order valence-corrected chi connectivity index (χ4v) is 5.52. The van der Waals surface area contributed by atoms with Gasteiger partial charge in [-0.05, 0) is 30.4 Å². The summed E-state index contributed by atoms with van der Waals surface area (Å²) in [6, 6.07) is 1.56. The Balaban J connectivity index is 1.96. The van der Waals surface area contributed by atoms with Crippen LogP contribution in [0.5, 0.6) is 5.75 Å². The van der Waals surface area contributed by atoms with Gasteiger partial charge in [0, 0.05) is 44.1 Å². The van der Waals surface area contributed by atoms with Gasteiger partial charge in [-0.1, -0.05) is 6.92 Å². The third-order valence-electron chi connectivity index (χ3n) is 7.19. The largest absolute Gasteiger partial charge is 0.511 e. The summed E-state index contributed by atoms with van der Waals surface area (Å²) >= 11 is 0. The van der Waals surface area contributed by atoms with Crippen LogP contribution in [0.2, 0.25) is 0 Å². The molecule has 3 aliphatic rings. The van der Waals surface area contributed by atoms with Gasteiger partial charge >= 0.3 is 0 Å². The average molecular weight is 469 g/mol. The number of nitrogens with two attached hydrogens (primary N) is 1. The van der Waals surface area contributed by atoms with Crippen molar-refractivity contribution < 1.29 is 34.8 Å². The van der Waals surface area contributed by atoms with Crippen molar-refractivity contribution in [1.29, 1.82) is 5.41 Å². The lowest BCUT2D eigenvalue weighted by molar-refractivity contribution is -0.136. The van der Waals surface area contributed by atoms with E-state index in [0.717, 1.165) is 0 Å². The Morgan fingerprint density at radius 1 is 1.24 bits per heavy atom. The molecular weight excluding hydrogens is 442 g/mol. The monoisotopic (exact) mass is 469 g/mol. The summed E-state index contributed by atoms with van der Waals surface area (Å²) < 4.78 is 0. The second-order valence-electron chi connectivity index (χ2n) is 9.27. The highest BCUT2D eigenvalue weighted by atomic mass is 16.3. The van der Waals surface area contributed by atoms with E-state index in [1.54, 1.807) is 32.0 Å². The number of carbonyl (C=O) groups excluding carboxylic acids is 3. The highest BCUT2D eigenvalue weighted by Crippen LogP contribution is 2.53. The van der Waals surface area contributed by atoms with Crippen molar-refractivity contribution >= 4 is 34.6 Å². The second kappa shape index (κ2) is 7.69. The summed E-state index contributed by atoms with van der Waals surface area (Å²) in [5.74, 6) is -5.44. The molecule has 3 atom stereocenters. The third kappa shape index (κ3) is 2.98. The quantitative estimate of drug-likeness (QED) is 0.358. The van der Waals surface area contributed by atoms with Crippen molar-refractivity contribution in [2.75, 3.05) is 19.0 Å². The van der Waals surface area contributed by atoms with Crippen molar-refractivity contribution in [3.05, 3.63) is 39.7 Å². The molecule has 0 unspecified atom stereocenters. The van der Waals surface area contributed by atoms with Crippen molar-refractivity contribution in [2.45, 2.75) is 38.2 Å². The highest BCUT2D eigenvalue weighted by Gasteiger charge is 2.59. The molecule has 10 heteroatoms. The van der Waals surface area contributed by atoms with Gasteiger partial charge in [-0.2, -0.15) is 0 Å². The number of nitrogens with zero attached hydrogens (tertiary/aromatic N) is 1. The van der Waals surface area contributed by atoms with Crippen LogP contribution in [0, 0.1) is 17.2 Å². The summed E-state index contributed by atoms with van der Waals surface area (Å²) in [5.41, 5.74) is 2.29. The van der Waals surface area contributed by atoms with E-state index in [1.807, 2.05) is 0 Å². The first-order valence-electron chi connectivity index (χ1n) is 11.0. The van der Waals surface area contributed by atoms with E-state index in [-0.39, 0.29) is 48.2 Å². The van der Waals surface area contributed by atoms with Crippen LogP contribution in [0.15, 0.2) is 23.0 Å². The SMILES string of the molecule is CCC(=O)c1cc(N(C)C)c2c(c1O)C(O)=C1C(=O)[C@]3(O)C(=N)C(C(N)=O)=C(O)C[C@@H]3C[C@@H]1C2. The Labute approximate surface area is 195 Å². The lowest BCUT2D eigenvalue weighted by Crippen LogP contribution is -2.61. The Hall–Kier alpha value is -3.66. The summed E-state index contributed by atoms with van der Waals surface area (Å²) in [6.07, 6.45) is 0.233. The molecular formula is C24H27N3O7. The Morgan fingerprint density at radius 3 is 2.44 bits per heavy atom. The molecule has 0 aromatic heterocycles. The van der Waals surface area contributed by atoms with Gasteiger partial charge in [0.25, 0.3) is 5.91 Å². The van der Waals surface area contributed by atoms with E-state index in [0.29, 0.717) is 11.3 Å². The van der Waals surface area contributed by atoms with Gasteiger partial charge in [0.2, 0.25) is 5.78 Å². The molecule has 0 bridgehead atoms. The lowest BCUT2D eigenvalue weighted by atomic mass is 9.58. The minimum Gasteiger partial charge on any atom is -0.511 e. The molecule has 180 valence electrons. The van der Waals surface area contributed by atoms with Crippen LogP contribution in [0.25, 0.3) is 5.76 Å². The minimum absolute atomic E-state index is 0.00433. The van der Waals surface area contributed by atoms with Gasteiger partial charge in [0.05, 0.1) is 16.8 Å². The van der Waals surface area contributed by atoms with E-state index < -0.39 is 57.7 Å². The number of Topliss-reactive ketones (excluding diaryl/α,β-unsaturated/α-hetero) is 2. The number of nitrogens with one attached hydrogen (secondary N) is 1. The maximum Gasteiger partial charge on any atom is 0.254 e. The van der Waals surface area contributed by atoms with Crippen molar-refractivity contribution in [2.24, 2.45) is 17.6 Å². The molecule has 4 rings (SSSR count). The van der Waals surface area contributed by atoms with Crippen LogP contribution in [0.3, 0.4) is 0 Å². The van der Waals surface area contributed by atoms with Crippen molar-refractivity contribution in [3.8, 4) is 5.75 Å². The Kier molecular flexibility index (Phi) is 5.32. The summed E-state index contributed by atoms with van der Waals surface area (Å²) in [4.78, 5) is 39.6. The zero-order valence-electron chi connectivity index (χ0n) is 19.1. The van der Waals surface area contributed by atoms with Crippen LogP contribution >= 0.6 is 0 Å². The smallest absolute Gasteiger partial charge is 0.254 e. The number of phenols is 1. The summed E-state index contributed by atoms with van der Waals surface area (Å²) in [6.45, 7) is 1.64. The fraction of sp³-hybridized carbons (Fsp3) is 0.417. The maximum absolute atomic E-state index is 13.6. The molecule has 1 amide bonds. The second-order valence-corrected chi connectivity index (χ2v) is 9.27. The molecule has 34 heavy (non-hydrogen) atoms. The third-order valence-corrected chi connectivity index (χ3v) is 7.19. The number of primary amides is 1. The predicted octanol–water partition coefficient (Wildman–Crippen LogP) is 1.53. The molecule has 1 aromatic carbocycles. The number of aromatic hydroxyl groups is 1. The van der Waals surface area contributed by atoms with E-state index in [4.69, 9.17) is 11.1 Å². The Bertz CT molecular complexity index is 1240. The number of ketones is 2. The van der Waals surface area contributed by atoms with E-state index in [1.165, 1.54) is 0 Å². The topological polar surface area (TPSA) is 185 Å². The number of benzene rings is 1. The maximum atomic E-state index is 13.6. The van der Waals surface area contributed by atoms with Gasteiger partial charge in [-0.25, -0.2) is 0 Å². The normalized spacial score (nSPS) is 26.1. The molecule has 7 N–H and O–H groups in total. The summed E-state index contributed by atoms with van der Waals surface area (Å²) in [7, 11) is 3.51. The molecule has 1 fully saturated rings. The Morgan fingerprint density at radius 2 is 1.88 bits per heavy atom. The van der Waals surface area contributed by atoms with Crippen LogP contribution < -0.4 is 10.6 Å². The minimum atomic E-state index is -2.47. The lowest BCUT2D eigenvalue weighted by Gasteiger charge is -2.47. The number of hydrogen-bond donors (Lipinski definition) is 6. The molecule has 10 nitrogen and oxygen atoms in total. The molecule has 0 saturated heterocycles. The molecule has 1 saturated carbocycles. The number of phenolic OH excluding ortho intramolecular Hbond substituents is 1. The number of anilines is 1. The van der Waals surface area contributed by atoms with Gasteiger partial charge in [0.1, 0.15) is 22.8 Å². The molecule has 0 spiro atoms. The fourth-order valence-electron chi connectivity index (χ4n) is 5.52. The number of fused-ring (bicyclic) bond motifs is 3. The van der Waals surface area contributed by atoms with Gasteiger partial charge in [-0.15, -0.1) is 0 Å². The first kappa shape index (κ1) is 23.5. The zero-order chi connectivity index (χ0) is 25.3. The van der Waals surface area contributed by atoms with Crippen LogP contribution in [0.4, 0.5) is 5.69 Å². The van der Waals surface area contributed by atoms with Crippen molar-refractivity contribution in [1.82, 2.24) is 0 Å². The number of amides is 1.